The normalized spacial score (nSPS) is 17.5. The summed E-state index contributed by atoms with van der Waals surface area (Å²) in [6.45, 7) is 2.83. The predicted molar refractivity (Wildman–Crippen MR) is 86.1 cm³/mol. The number of nitrogens with zero attached hydrogens (tertiary/aromatic N) is 6. The molecule has 0 radical (unpaired) electrons. The average molecular weight is 344 g/mol. The molecule has 1 atom stereocenters. The first-order valence-electron chi connectivity index (χ1n) is 7.73. The molecule has 0 unspecified atom stereocenters. The highest BCUT2D eigenvalue weighted by Crippen LogP contribution is 2.34. The summed E-state index contributed by atoms with van der Waals surface area (Å²) in [5.74, 6) is 0.968. The minimum Gasteiger partial charge on any atom is -0.418 e. The van der Waals surface area contributed by atoms with Gasteiger partial charge in [0.15, 0.2) is 0 Å². The van der Waals surface area contributed by atoms with Crippen LogP contribution < -0.4 is 0 Å². The molecule has 0 aromatic carbocycles. The van der Waals surface area contributed by atoms with E-state index >= 15 is 0 Å². The highest BCUT2D eigenvalue weighted by molar-refractivity contribution is 7.13. The molecule has 0 spiro atoms. The lowest BCUT2D eigenvalue weighted by Gasteiger charge is -2.21. The van der Waals surface area contributed by atoms with Gasteiger partial charge in [0, 0.05) is 18.9 Å². The van der Waals surface area contributed by atoms with Crippen LogP contribution >= 0.6 is 11.3 Å². The maximum Gasteiger partial charge on any atom is 0.259 e. The predicted octanol–water partition coefficient (Wildman–Crippen LogP) is 2.06. The molecule has 8 nitrogen and oxygen atoms in total. The first-order chi connectivity index (χ1) is 11.7. The topological polar surface area (TPSA) is 89.9 Å². The van der Waals surface area contributed by atoms with Crippen molar-refractivity contribution >= 4 is 17.2 Å². The van der Waals surface area contributed by atoms with Crippen LogP contribution in [0.15, 0.2) is 28.4 Å². The molecular formula is C15H16N6O2S. The summed E-state index contributed by atoms with van der Waals surface area (Å²) in [6, 6.07) is 1.64. The summed E-state index contributed by atoms with van der Waals surface area (Å²) >= 11 is 1.47. The second-order valence-electron chi connectivity index (χ2n) is 5.66. The molecule has 3 aromatic rings. The number of hydrogen-bond acceptors (Lipinski definition) is 7. The van der Waals surface area contributed by atoms with Crippen molar-refractivity contribution in [3.8, 4) is 10.8 Å². The van der Waals surface area contributed by atoms with Crippen molar-refractivity contribution in [3.63, 3.8) is 0 Å². The van der Waals surface area contributed by atoms with Crippen LogP contribution in [-0.2, 0) is 11.3 Å². The van der Waals surface area contributed by atoms with Crippen molar-refractivity contribution in [2.75, 3.05) is 6.54 Å². The number of likely N-dealkylation sites (tertiary alicyclic amines) is 1. The fourth-order valence-electron chi connectivity index (χ4n) is 2.91. The summed E-state index contributed by atoms with van der Waals surface area (Å²) in [4.78, 5) is 19.4. The van der Waals surface area contributed by atoms with Crippen LogP contribution in [0.2, 0.25) is 0 Å². The molecule has 1 saturated heterocycles. The maximum absolute atomic E-state index is 12.6. The van der Waals surface area contributed by atoms with Gasteiger partial charge in [-0.15, -0.1) is 21.5 Å². The van der Waals surface area contributed by atoms with E-state index in [1.54, 1.807) is 33.6 Å². The van der Waals surface area contributed by atoms with Crippen molar-refractivity contribution in [1.29, 1.82) is 0 Å². The molecule has 0 N–H and O–H groups in total. The number of carbonyl (C=O) groups excluding carboxylic acids is 1. The number of aryl methyl sites for hydroxylation is 1. The van der Waals surface area contributed by atoms with Gasteiger partial charge in [-0.2, -0.15) is 5.10 Å². The van der Waals surface area contributed by atoms with Crippen molar-refractivity contribution in [3.05, 3.63) is 35.6 Å². The van der Waals surface area contributed by atoms with Gasteiger partial charge < -0.3 is 9.32 Å². The Kier molecular flexibility index (Phi) is 3.85. The Balaban J connectivity index is 1.54. The number of aromatic nitrogens is 5. The molecule has 9 heteroatoms. The standard InChI is InChI=1S/C15H16N6O2S/c1-10-13(24-9-16-10)15-19-18-14(23-15)11-4-2-7-21(11)12(22)8-20-6-3-5-17-20/h3,5-6,9,11H,2,4,7-8H2,1H3/t11-/m0/s1. The molecule has 1 fully saturated rings. The van der Waals surface area contributed by atoms with E-state index in [4.69, 9.17) is 4.42 Å². The molecule has 0 aliphatic carbocycles. The van der Waals surface area contributed by atoms with Crippen LogP contribution in [0.4, 0.5) is 0 Å². The Morgan fingerprint density at radius 1 is 1.46 bits per heavy atom. The van der Waals surface area contributed by atoms with Crippen LogP contribution in [0.3, 0.4) is 0 Å². The van der Waals surface area contributed by atoms with Gasteiger partial charge in [0.2, 0.25) is 11.8 Å². The fraction of sp³-hybridized carbons (Fsp3) is 0.400. The zero-order valence-corrected chi connectivity index (χ0v) is 13.9. The SMILES string of the molecule is Cc1ncsc1-c1nnc([C@@H]2CCCN2C(=O)Cn2cccn2)o1. The van der Waals surface area contributed by atoms with Crippen molar-refractivity contribution in [2.45, 2.75) is 32.4 Å². The van der Waals surface area contributed by atoms with Crippen molar-refractivity contribution in [1.82, 2.24) is 29.9 Å². The largest absolute Gasteiger partial charge is 0.418 e. The highest BCUT2D eigenvalue weighted by atomic mass is 32.1. The molecular weight excluding hydrogens is 328 g/mol. The lowest BCUT2D eigenvalue weighted by atomic mass is 10.2. The third kappa shape index (κ3) is 2.71. The third-order valence-electron chi connectivity index (χ3n) is 4.10. The summed E-state index contributed by atoms with van der Waals surface area (Å²) in [7, 11) is 0. The molecule has 4 heterocycles. The summed E-state index contributed by atoms with van der Waals surface area (Å²) in [6.07, 6.45) is 5.19. The van der Waals surface area contributed by atoms with Crippen molar-refractivity contribution < 1.29 is 9.21 Å². The zero-order chi connectivity index (χ0) is 16.5. The number of thiazole rings is 1. The van der Waals surface area contributed by atoms with Crippen LogP contribution in [0, 0.1) is 6.92 Å². The van der Waals surface area contributed by atoms with E-state index in [1.165, 1.54) is 11.3 Å². The molecule has 1 amide bonds. The average Bonchev–Trinajstić information content (AvgIpc) is 3.34. The Hall–Kier alpha value is -2.55. The monoisotopic (exact) mass is 344 g/mol. The molecule has 24 heavy (non-hydrogen) atoms. The molecule has 4 rings (SSSR count). The van der Waals surface area contributed by atoms with E-state index in [0.29, 0.717) is 18.3 Å². The number of amides is 1. The second-order valence-corrected chi connectivity index (χ2v) is 6.52. The summed E-state index contributed by atoms with van der Waals surface area (Å²) < 4.78 is 7.46. The van der Waals surface area contributed by atoms with Gasteiger partial charge in [-0.05, 0) is 25.8 Å². The molecule has 1 aliphatic heterocycles. The Morgan fingerprint density at radius 3 is 3.12 bits per heavy atom. The molecule has 0 saturated carbocycles. The zero-order valence-electron chi connectivity index (χ0n) is 13.1. The Labute approximate surface area is 142 Å². The van der Waals surface area contributed by atoms with Crippen LogP contribution in [-0.4, -0.2) is 42.3 Å². The Morgan fingerprint density at radius 2 is 2.38 bits per heavy atom. The van der Waals surface area contributed by atoms with Gasteiger partial charge in [-0.25, -0.2) is 4.98 Å². The first kappa shape index (κ1) is 15.0. The van der Waals surface area contributed by atoms with Gasteiger partial charge in [0.1, 0.15) is 17.5 Å². The van der Waals surface area contributed by atoms with Gasteiger partial charge in [0.25, 0.3) is 5.89 Å². The van der Waals surface area contributed by atoms with Gasteiger partial charge in [0.05, 0.1) is 11.2 Å². The quantitative estimate of drug-likeness (QED) is 0.719. The van der Waals surface area contributed by atoms with E-state index in [-0.39, 0.29) is 18.5 Å². The van der Waals surface area contributed by atoms with Crippen molar-refractivity contribution in [2.24, 2.45) is 0 Å². The number of hydrogen-bond donors (Lipinski definition) is 0. The van der Waals surface area contributed by atoms with Crippen LogP contribution in [0.25, 0.3) is 10.8 Å². The molecule has 3 aromatic heterocycles. The first-order valence-corrected chi connectivity index (χ1v) is 8.61. The lowest BCUT2D eigenvalue weighted by Crippen LogP contribution is -2.33. The van der Waals surface area contributed by atoms with Crippen LogP contribution in [0.5, 0.6) is 0 Å². The Bertz CT molecular complexity index is 840. The highest BCUT2D eigenvalue weighted by Gasteiger charge is 2.34. The smallest absolute Gasteiger partial charge is 0.259 e. The lowest BCUT2D eigenvalue weighted by molar-refractivity contribution is -0.133. The van der Waals surface area contributed by atoms with E-state index in [1.807, 2.05) is 6.92 Å². The molecule has 124 valence electrons. The minimum atomic E-state index is -0.164. The minimum absolute atomic E-state index is 0.00919. The summed E-state index contributed by atoms with van der Waals surface area (Å²) in [5.41, 5.74) is 2.62. The van der Waals surface area contributed by atoms with Crippen LogP contribution in [0.1, 0.15) is 30.5 Å². The maximum atomic E-state index is 12.6. The van der Waals surface area contributed by atoms with E-state index in [0.717, 1.165) is 23.4 Å². The number of carbonyl (C=O) groups is 1. The van der Waals surface area contributed by atoms with Gasteiger partial charge in [-0.1, -0.05) is 0 Å². The molecule has 0 bridgehead atoms. The fourth-order valence-corrected chi connectivity index (χ4v) is 3.64. The molecule has 1 aliphatic rings. The third-order valence-corrected chi connectivity index (χ3v) is 5.01. The van der Waals surface area contributed by atoms with E-state index < -0.39 is 0 Å². The van der Waals surface area contributed by atoms with Gasteiger partial charge in [-0.3, -0.25) is 9.48 Å². The van der Waals surface area contributed by atoms with E-state index in [9.17, 15) is 4.79 Å². The summed E-state index contributed by atoms with van der Waals surface area (Å²) in [5, 5.41) is 12.4. The second kappa shape index (κ2) is 6.16. The van der Waals surface area contributed by atoms with E-state index in [2.05, 4.69) is 20.3 Å². The number of rotatable bonds is 4. The van der Waals surface area contributed by atoms with Gasteiger partial charge >= 0.3 is 0 Å².